The molecule has 0 aliphatic carbocycles. The molecular weight excluding hydrogens is 362 g/mol. The van der Waals surface area contributed by atoms with E-state index in [0.29, 0.717) is 0 Å². The van der Waals surface area contributed by atoms with Gasteiger partial charge in [-0.15, -0.1) is 0 Å². The number of amides is 3. The first-order valence-corrected chi connectivity index (χ1v) is 8.45. The quantitative estimate of drug-likeness (QED) is 0.630. The molecule has 0 saturated carbocycles. The first-order chi connectivity index (χ1) is 11.1. The summed E-state index contributed by atoms with van der Waals surface area (Å²) in [6.45, 7) is 1.25. The van der Waals surface area contributed by atoms with Crippen LogP contribution in [-0.2, 0) is 19.6 Å². The second-order valence-electron chi connectivity index (χ2n) is 4.47. The summed E-state index contributed by atoms with van der Waals surface area (Å²) in [5, 5.41) is 4.06. The summed E-state index contributed by atoms with van der Waals surface area (Å²) in [4.78, 5) is 34.6. The van der Waals surface area contributed by atoms with Crippen molar-refractivity contribution in [3.05, 3.63) is 28.8 Å². The Morgan fingerprint density at radius 3 is 2.38 bits per heavy atom. The number of sulfonamides is 1. The first kappa shape index (κ1) is 19.9. The standard InChI is InChI=1S/C13H16ClN3O6S/c1-7(11(18)17-13(20)15-2)23-12(19)9-6-8(4-5-10(9)14)24(21,22)16-3/h4-7,16H,1-3H3,(H2,15,17,18,20)/t7-/m0/s1. The second-order valence-corrected chi connectivity index (χ2v) is 6.76. The maximum Gasteiger partial charge on any atom is 0.340 e. The zero-order chi connectivity index (χ0) is 18.5. The van der Waals surface area contributed by atoms with Gasteiger partial charge >= 0.3 is 12.0 Å². The Morgan fingerprint density at radius 2 is 1.83 bits per heavy atom. The summed E-state index contributed by atoms with van der Waals surface area (Å²) in [5.74, 6) is -1.86. The Kier molecular flexibility index (Phi) is 6.70. The number of hydrogen-bond acceptors (Lipinski definition) is 6. The van der Waals surface area contributed by atoms with Gasteiger partial charge in [-0.1, -0.05) is 11.6 Å². The molecular formula is C13H16ClN3O6S. The molecule has 0 aromatic heterocycles. The molecule has 11 heteroatoms. The van der Waals surface area contributed by atoms with E-state index in [2.05, 4.69) is 10.0 Å². The van der Waals surface area contributed by atoms with Crippen LogP contribution < -0.4 is 15.4 Å². The number of ether oxygens (including phenoxy) is 1. The molecule has 0 unspecified atom stereocenters. The molecule has 0 aliphatic heterocycles. The van der Waals surface area contributed by atoms with E-state index in [0.717, 1.165) is 6.07 Å². The zero-order valence-corrected chi connectivity index (χ0v) is 14.6. The van der Waals surface area contributed by atoms with Crippen LogP contribution in [0.2, 0.25) is 5.02 Å². The van der Waals surface area contributed by atoms with Gasteiger partial charge in [-0.25, -0.2) is 22.7 Å². The summed E-state index contributed by atoms with van der Waals surface area (Å²) in [5.41, 5.74) is -0.229. The van der Waals surface area contributed by atoms with Gasteiger partial charge in [0, 0.05) is 7.05 Å². The molecule has 132 valence electrons. The highest BCUT2D eigenvalue weighted by Gasteiger charge is 2.23. The van der Waals surface area contributed by atoms with Crippen LogP contribution in [0.3, 0.4) is 0 Å². The van der Waals surface area contributed by atoms with E-state index in [9.17, 15) is 22.8 Å². The average molecular weight is 378 g/mol. The topological polar surface area (TPSA) is 131 Å². The first-order valence-electron chi connectivity index (χ1n) is 6.59. The Bertz CT molecular complexity index is 765. The van der Waals surface area contributed by atoms with Crippen LogP contribution in [-0.4, -0.2) is 46.5 Å². The number of esters is 1. The monoisotopic (exact) mass is 377 g/mol. The minimum atomic E-state index is -3.78. The SMILES string of the molecule is CNC(=O)NC(=O)[C@H](C)OC(=O)c1cc(S(=O)(=O)NC)ccc1Cl. The number of nitrogens with one attached hydrogen (secondary N) is 3. The third-order valence-electron chi connectivity index (χ3n) is 2.85. The van der Waals surface area contributed by atoms with Crippen LogP contribution in [0.25, 0.3) is 0 Å². The van der Waals surface area contributed by atoms with Crippen molar-refractivity contribution in [3.8, 4) is 0 Å². The lowest BCUT2D eigenvalue weighted by Crippen LogP contribution is -2.43. The highest BCUT2D eigenvalue weighted by atomic mass is 35.5. The summed E-state index contributed by atoms with van der Waals surface area (Å²) < 4.78 is 30.5. The summed E-state index contributed by atoms with van der Waals surface area (Å²) in [7, 11) is -1.26. The van der Waals surface area contributed by atoms with Gasteiger partial charge in [-0.2, -0.15) is 0 Å². The molecule has 0 spiro atoms. The molecule has 0 aliphatic rings. The number of urea groups is 1. The van der Waals surface area contributed by atoms with Crippen LogP contribution in [0.5, 0.6) is 0 Å². The number of carbonyl (C=O) groups excluding carboxylic acids is 3. The molecule has 1 aromatic carbocycles. The lowest BCUT2D eigenvalue weighted by Gasteiger charge is -2.14. The minimum absolute atomic E-state index is 0.0473. The fraction of sp³-hybridized carbons (Fsp3) is 0.308. The van der Waals surface area contributed by atoms with Crippen molar-refractivity contribution in [3.63, 3.8) is 0 Å². The minimum Gasteiger partial charge on any atom is -0.449 e. The number of halogens is 1. The van der Waals surface area contributed by atoms with Crippen LogP contribution >= 0.6 is 11.6 Å². The van der Waals surface area contributed by atoms with E-state index in [4.69, 9.17) is 16.3 Å². The molecule has 1 atom stereocenters. The van der Waals surface area contributed by atoms with Gasteiger partial charge in [0.15, 0.2) is 6.10 Å². The Labute approximate surface area is 143 Å². The summed E-state index contributed by atoms with van der Waals surface area (Å²) >= 11 is 5.87. The number of rotatable bonds is 5. The van der Waals surface area contributed by atoms with Gasteiger partial charge in [0.25, 0.3) is 5.91 Å². The van der Waals surface area contributed by atoms with Gasteiger partial charge in [0.1, 0.15) is 0 Å². The van der Waals surface area contributed by atoms with Gasteiger partial charge in [0.05, 0.1) is 15.5 Å². The van der Waals surface area contributed by atoms with Crippen LogP contribution in [0, 0.1) is 0 Å². The van der Waals surface area contributed by atoms with Crippen molar-refractivity contribution in [2.75, 3.05) is 14.1 Å². The van der Waals surface area contributed by atoms with E-state index >= 15 is 0 Å². The van der Waals surface area contributed by atoms with Crippen molar-refractivity contribution in [1.29, 1.82) is 0 Å². The number of imide groups is 1. The fourth-order valence-corrected chi connectivity index (χ4v) is 2.45. The van der Waals surface area contributed by atoms with E-state index in [1.165, 1.54) is 33.2 Å². The molecule has 9 nitrogen and oxygen atoms in total. The number of carbonyl (C=O) groups is 3. The van der Waals surface area contributed by atoms with Crippen molar-refractivity contribution in [1.82, 2.24) is 15.4 Å². The van der Waals surface area contributed by atoms with E-state index in [1.807, 2.05) is 5.32 Å². The Balaban J connectivity index is 2.97. The third-order valence-corrected chi connectivity index (χ3v) is 4.60. The largest absolute Gasteiger partial charge is 0.449 e. The van der Waals surface area contributed by atoms with E-state index < -0.39 is 34.0 Å². The number of hydrogen-bond donors (Lipinski definition) is 3. The summed E-state index contributed by atoms with van der Waals surface area (Å²) in [6, 6.07) is 2.70. The molecule has 3 amide bonds. The van der Waals surface area contributed by atoms with E-state index in [-0.39, 0.29) is 15.5 Å². The smallest absolute Gasteiger partial charge is 0.340 e. The second kappa shape index (κ2) is 8.08. The predicted octanol–water partition coefficient (Wildman–Crippen LogP) is 0.249. The molecule has 24 heavy (non-hydrogen) atoms. The average Bonchev–Trinajstić information content (AvgIpc) is 2.54. The Hall–Kier alpha value is -2.17. The van der Waals surface area contributed by atoms with Crippen LogP contribution in [0.4, 0.5) is 4.79 Å². The highest BCUT2D eigenvalue weighted by molar-refractivity contribution is 7.89. The van der Waals surface area contributed by atoms with Crippen molar-refractivity contribution >= 4 is 39.5 Å². The normalized spacial score (nSPS) is 12.2. The van der Waals surface area contributed by atoms with Gasteiger partial charge < -0.3 is 10.1 Å². The highest BCUT2D eigenvalue weighted by Crippen LogP contribution is 2.21. The molecule has 3 N–H and O–H groups in total. The lowest BCUT2D eigenvalue weighted by molar-refractivity contribution is -0.127. The lowest BCUT2D eigenvalue weighted by atomic mass is 10.2. The van der Waals surface area contributed by atoms with E-state index in [1.54, 1.807) is 0 Å². The molecule has 1 rings (SSSR count). The molecule has 0 heterocycles. The fourth-order valence-electron chi connectivity index (χ4n) is 1.50. The number of benzene rings is 1. The maximum atomic E-state index is 12.1. The third kappa shape index (κ3) is 4.91. The van der Waals surface area contributed by atoms with Gasteiger partial charge in [0.2, 0.25) is 10.0 Å². The van der Waals surface area contributed by atoms with Gasteiger partial charge in [-0.3, -0.25) is 10.1 Å². The molecule has 0 saturated heterocycles. The molecule has 1 aromatic rings. The van der Waals surface area contributed by atoms with Crippen molar-refractivity contribution < 1.29 is 27.5 Å². The predicted molar refractivity (Wildman–Crippen MR) is 85.2 cm³/mol. The van der Waals surface area contributed by atoms with Crippen molar-refractivity contribution in [2.45, 2.75) is 17.9 Å². The maximum absolute atomic E-state index is 12.1. The molecule has 0 fully saturated rings. The van der Waals surface area contributed by atoms with Gasteiger partial charge in [-0.05, 0) is 32.2 Å². The molecule has 0 radical (unpaired) electrons. The van der Waals surface area contributed by atoms with Crippen LogP contribution in [0.1, 0.15) is 17.3 Å². The Morgan fingerprint density at radius 1 is 1.21 bits per heavy atom. The zero-order valence-electron chi connectivity index (χ0n) is 13.0. The van der Waals surface area contributed by atoms with Crippen LogP contribution in [0.15, 0.2) is 23.1 Å². The molecule has 0 bridgehead atoms. The summed E-state index contributed by atoms with van der Waals surface area (Å²) in [6.07, 6.45) is -1.30. The van der Waals surface area contributed by atoms with Crippen molar-refractivity contribution in [2.24, 2.45) is 0 Å².